The third-order valence-corrected chi connectivity index (χ3v) is 3.93. The van der Waals surface area contributed by atoms with E-state index in [9.17, 15) is 9.90 Å². The molecule has 0 aromatic heterocycles. The van der Waals surface area contributed by atoms with Crippen molar-refractivity contribution >= 4 is 17.9 Å². The predicted octanol–water partition coefficient (Wildman–Crippen LogP) is 3.96. The number of carbonyl (C=O) groups is 1. The number of ether oxygens (including phenoxy) is 2. The third-order valence-electron chi connectivity index (χ3n) is 3.93. The van der Waals surface area contributed by atoms with Crippen molar-refractivity contribution in [2.45, 2.75) is 32.6 Å². The van der Waals surface area contributed by atoms with Gasteiger partial charge in [0.25, 0.3) is 0 Å². The molecule has 124 valence electrons. The van der Waals surface area contributed by atoms with Gasteiger partial charge in [0.05, 0.1) is 13.7 Å². The lowest BCUT2D eigenvalue weighted by atomic mass is 10.0. The Morgan fingerprint density at radius 2 is 2.04 bits per heavy atom. The van der Waals surface area contributed by atoms with Crippen LogP contribution in [0.3, 0.4) is 0 Å². The van der Waals surface area contributed by atoms with Gasteiger partial charge in [-0.05, 0) is 31.9 Å². The summed E-state index contributed by atoms with van der Waals surface area (Å²) in [6, 6.07) is 7.25. The van der Waals surface area contributed by atoms with Gasteiger partial charge in [0.15, 0.2) is 0 Å². The van der Waals surface area contributed by atoms with Gasteiger partial charge in [-0.3, -0.25) is 4.99 Å². The van der Waals surface area contributed by atoms with E-state index in [1.807, 2.05) is 12.1 Å². The maximum atomic E-state index is 12.2. The number of aliphatic imine (C=N–C) groups is 1. The van der Waals surface area contributed by atoms with Crippen molar-refractivity contribution in [2.75, 3.05) is 13.7 Å². The molecule has 2 rings (SSSR count). The van der Waals surface area contributed by atoms with Crippen LogP contribution < -0.4 is 4.74 Å². The average molecular weight is 317 g/mol. The van der Waals surface area contributed by atoms with Gasteiger partial charge in [0, 0.05) is 12.1 Å². The number of carbonyl (C=O) groups excluding carboxylic acids is 1. The summed E-state index contributed by atoms with van der Waals surface area (Å²) in [5.74, 6) is 0.154. The first-order valence-corrected chi connectivity index (χ1v) is 7.94. The Balaban J connectivity index is 2.32. The van der Waals surface area contributed by atoms with E-state index in [2.05, 4.69) is 4.99 Å². The molecule has 0 saturated heterocycles. The van der Waals surface area contributed by atoms with Crippen molar-refractivity contribution in [1.29, 1.82) is 0 Å². The van der Waals surface area contributed by atoms with Crippen molar-refractivity contribution in [3.05, 3.63) is 35.6 Å². The molecule has 1 N–H and O–H groups in total. The second-order valence-electron chi connectivity index (χ2n) is 5.43. The zero-order valence-corrected chi connectivity index (χ0v) is 13.6. The molecule has 0 unspecified atom stereocenters. The SMILES string of the molecule is CCOC(=O)/C(C=Nc1ccccc1OC)=C(/O)C1CCCC1. The number of para-hydroxylation sites is 2. The van der Waals surface area contributed by atoms with E-state index >= 15 is 0 Å². The number of aliphatic hydroxyl groups is 1. The van der Waals surface area contributed by atoms with Crippen molar-refractivity contribution in [2.24, 2.45) is 10.9 Å². The molecule has 0 amide bonds. The maximum Gasteiger partial charge on any atom is 0.343 e. The second kappa shape index (κ2) is 8.36. The Bertz CT molecular complexity index is 601. The van der Waals surface area contributed by atoms with Crippen LogP contribution in [0.25, 0.3) is 0 Å². The van der Waals surface area contributed by atoms with E-state index in [0.29, 0.717) is 11.4 Å². The van der Waals surface area contributed by atoms with Crippen LogP contribution in [-0.4, -0.2) is 31.0 Å². The monoisotopic (exact) mass is 317 g/mol. The molecule has 0 aliphatic heterocycles. The van der Waals surface area contributed by atoms with Crippen molar-refractivity contribution < 1.29 is 19.4 Å². The topological polar surface area (TPSA) is 68.1 Å². The first-order chi connectivity index (χ1) is 11.2. The Hall–Kier alpha value is -2.30. The highest BCUT2D eigenvalue weighted by Gasteiger charge is 2.25. The van der Waals surface area contributed by atoms with Gasteiger partial charge in [-0.2, -0.15) is 0 Å². The molecule has 0 spiro atoms. The number of benzene rings is 1. The quantitative estimate of drug-likeness (QED) is 0.373. The van der Waals surface area contributed by atoms with Gasteiger partial charge in [-0.15, -0.1) is 0 Å². The Kier molecular flexibility index (Phi) is 6.20. The molecule has 1 aromatic carbocycles. The summed E-state index contributed by atoms with van der Waals surface area (Å²) in [4.78, 5) is 16.5. The average Bonchev–Trinajstić information content (AvgIpc) is 3.10. The minimum absolute atomic E-state index is 0.0125. The number of methoxy groups -OCH3 is 1. The standard InChI is InChI=1S/C18H23NO4/c1-3-23-18(21)14(17(20)13-8-4-5-9-13)12-19-15-10-6-7-11-16(15)22-2/h6-7,10-13,20H,3-5,8-9H2,1-2H3/b17-14+,19-12?. The summed E-state index contributed by atoms with van der Waals surface area (Å²) in [6.07, 6.45) is 5.28. The zero-order valence-electron chi connectivity index (χ0n) is 13.6. The molecule has 1 fully saturated rings. The van der Waals surface area contributed by atoms with Gasteiger partial charge in [-0.25, -0.2) is 4.79 Å². The summed E-state index contributed by atoms with van der Waals surface area (Å²) < 4.78 is 10.3. The van der Waals surface area contributed by atoms with E-state index in [1.54, 1.807) is 26.2 Å². The number of allylic oxidation sites excluding steroid dienone is 1. The van der Waals surface area contributed by atoms with Gasteiger partial charge < -0.3 is 14.6 Å². The van der Waals surface area contributed by atoms with Crippen LogP contribution in [0.1, 0.15) is 32.6 Å². The molecule has 5 nitrogen and oxygen atoms in total. The molecule has 1 aliphatic carbocycles. The van der Waals surface area contributed by atoms with Crippen LogP contribution in [0, 0.1) is 5.92 Å². The number of nitrogens with zero attached hydrogens (tertiary/aromatic N) is 1. The number of rotatable bonds is 6. The molecule has 23 heavy (non-hydrogen) atoms. The maximum absolute atomic E-state index is 12.2. The fraction of sp³-hybridized carbons (Fsp3) is 0.444. The van der Waals surface area contributed by atoms with Gasteiger partial charge in [0.2, 0.25) is 0 Å². The molecule has 5 heteroatoms. The molecular weight excluding hydrogens is 294 g/mol. The fourth-order valence-electron chi connectivity index (χ4n) is 2.72. The lowest BCUT2D eigenvalue weighted by Crippen LogP contribution is -2.14. The fourth-order valence-corrected chi connectivity index (χ4v) is 2.72. The summed E-state index contributed by atoms with van der Waals surface area (Å²) in [5.41, 5.74) is 0.723. The molecule has 1 aliphatic rings. The van der Waals surface area contributed by atoms with E-state index in [0.717, 1.165) is 25.7 Å². The highest BCUT2D eigenvalue weighted by Crippen LogP contribution is 2.32. The van der Waals surface area contributed by atoms with Crippen LogP contribution in [0.5, 0.6) is 5.75 Å². The van der Waals surface area contributed by atoms with Crippen LogP contribution in [0.2, 0.25) is 0 Å². The number of hydrogen-bond acceptors (Lipinski definition) is 5. The summed E-state index contributed by atoms with van der Waals surface area (Å²) in [6.45, 7) is 1.99. The second-order valence-corrected chi connectivity index (χ2v) is 5.43. The predicted molar refractivity (Wildman–Crippen MR) is 89.4 cm³/mol. The molecule has 0 bridgehead atoms. The summed E-state index contributed by atoms with van der Waals surface area (Å²) in [5, 5.41) is 10.5. The summed E-state index contributed by atoms with van der Waals surface area (Å²) in [7, 11) is 1.56. The molecule has 1 aromatic rings. The van der Waals surface area contributed by atoms with E-state index in [4.69, 9.17) is 9.47 Å². The van der Waals surface area contributed by atoms with Gasteiger partial charge >= 0.3 is 5.97 Å². The molecule has 1 saturated carbocycles. The lowest BCUT2D eigenvalue weighted by molar-refractivity contribution is -0.138. The minimum Gasteiger partial charge on any atom is -0.511 e. The first-order valence-electron chi connectivity index (χ1n) is 7.94. The van der Waals surface area contributed by atoms with Crippen molar-refractivity contribution in [1.82, 2.24) is 0 Å². The largest absolute Gasteiger partial charge is 0.511 e. The Morgan fingerprint density at radius 1 is 1.35 bits per heavy atom. The van der Waals surface area contributed by atoms with E-state index in [1.165, 1.54) is 6.21 Å². The number of hydrogen-bond donors (Lipinski definition) is 1. The number of esters is 1. The first kappa shape index (κ1) is 17.1. The summed E-state index contributed by atoms with van der Waals surface area (Å²) >= 11 is 0. The zero-order chi connectivity index (χ0) is 16.7. The number of aliphatic hydroxyl groups excluding tert-OH is 1. The van der Waals surface area contributed by atoms with Crippen molar-refractivity contribution in [3.63, 3.8) is 0 Å². The molecular formula is C18H23NO4. The van der Waals surface area contributed by atoms with Crippen molar-refractivity contribution in [3.8, 4) is 5.75 Å². The molecule has 0 atom stereocenters. The molecule has 0 radical (unpaired) electrons. The van der Waals surface area contributed by atoms with Crippen LogP contribution in [0.15, 0.2) is 40.6 Å². The van der Waals surface area contributed by atoms with Gasteiger partial charge in [-0.1, -0.05) is 25.0 Å². The van der Waals surface area contributed by atoms with Crippen LogP contribution >= 0.6 is 0 Å². The Labute approximate surface area is 136 Å². The lowest BCUT2D eigenvalue weighted by Gasteiger charge is -2.12. The van der Waals surface area contributed by atoms with Gasteiger partial charge in [0.1, 0.15) is 22.8 Å². The molecule has 0 heterocycles. The minimum atomic E-state index is -0.546. The van der Waals surface area contributed by atoms with Crippen LogP contribution in [-0.2, 0) is 9.53 Å². The van der Waals surface area contributed by atoms with E-state index < -0.39 is 5.97 Å². The Morgan fingerprint density at radius 3 is 2.70 bits per heavy atom. The highest BCUT2D eigenvalue weighted by molar-refractivity contribution is 6.10. The third kappa shape index (κ3) is 4.34. The smallest absolute Gasteiger partial charge is 0.343 e. The van der Waals surface area contributed by atoms with E-state index in [-0.39, 0.29) is 23.9 Å². The normalized spacial score (nSPS) is 16.4. The van der Waals surface area contributed by atoms with Crippen LogP contribution in [0.4, 0.5) is 5.69 Å². The highest BCUT2D eigenvalue weighted by atomic mass is 16.5.